The van der Waals surface area contributed by atoms with Crippen molar-refractivity contribution in [2.45, 2.75) is 38.3 Å². The van der Waals surface area contributed by atoms with E-state index in [4.69, 9.17) is 0 Å². The second-order valence-corrected chi connectivity index (χ2v) is 4.12. The van der Waals surface area contributed by atoms with Crippen LogP contribution in [-0.4, -0.2) is 17.9 Å². The average molecular weight is 203 g/mol. The zero-order valence-electron chi connectivity index (χ0n) is 9.07. The Kier molecular flexibility index (Phi) is 3.17. The van der Waals surface area contributed by atoms with Crippen molar-refractivity contribution in [3.63, 3.8) is 0 Å². The number of hydrogen-bond donors (Lipinski definition) is 1. The molecular formula is C13H17NO. The van der Waals surface area contributed by atoms with E-state index in [0.717, 1.165) is 12.0 Å². The molecule has 0 aromatic heterocycles. The lowest BCUT2D eigenvalue weighted by Gasteiger charge is -1.97. The first-order chi connectivity index (χ1) is 7.33. The molecule has 0 saturated carbocycles. The number of carbonyl (C=O) groups excluding carboxylic acids is 1. The van der Waals surface area contributed by atoms with E-state index in [9.17, 15) is 4.79 Å². The number of nitrogens with one attached hydrogen (secondary N) is 1. The monoisotopic (exact) mass is 203 g/mol. The molecule has 2 rings (SSSR count). The molecule has 0 unspecified atom stereocenters. The lowest BCUT2D eigenvalue weighted by atomic mass is 10.0. The highest BCUT2D eigenvalue weighted by molar-refractivity contribution is 6.02. The van der Waals surface area contributed by atoms with E-state index in [1.165, 1.54) is 12.8 Å². The van der Waals surface area contributed by atoms with Gasteiger partial charge in [0, 0.05) is 11.6 Å². The van der Waals surface area contributed by atoms with Crippen LogP contribution in [0.2, 0.25) is 0 Å². The van der Waals surface area contributed by atoms with Gasteiger partial charge in [0.15, 0.2) is 5.78 Å². The number of ketones is 1. The normalized spacial score (nSPS) is 23.8. The first-order valence-corrected chi connectivity index (χ1v) is 5.68. The quantitative estimate of drug-likeness (QED) is 0.589. The van der Waals surface area contributed by atoms with Crippen molar-refractivity contribution in [2.24, 2.45) is 0 Å². The molecule has 1 N–H and O–H groups in total. The van der Waals surface area contributed by atoms with Crippen LogP contribution >= 0.6 is 0 Å². The van der Waals surface area contributed by atoms with Crippen LogP contribution in [0.1, 0.15) is 36.5 Å². The minimum absolute atomic E-state index is 0.0824. The van der Waals surface area contributed by atoms with Gasteiger partial charge in [-0.25, -0.2) is 0 Å². The maximum Gasteiger partial charge on any atom is 0.181 e. The Bertz CT molecular complexity index is 334. The maximum absolute atomic E-state index is 11.9. The zero-order chi connectivity index (χ0) is 10.7. The Labute approximate surface area is 90.7 Å². The highest BCUT2D eigenvalue weighted by Gasteiger charge is 2.41. The molecule has 80 valence electrons. The molecule has 2 nitrogen and oxygen atoms in total. The summed E-state index contributed by atoms with van der Waals surface area (Å²) < 4.78 is 0. The van der Waals surface area contributed by atoms with Gasteiger partial charge in [0.2, 0.25) is 0 Å². The van der Waals surface area contributed by atoms with E-state index in [1.54, 1.807) is 0 Å². The molecule has 1 saturated heterocycles. The number of benzene rings is 1. The van der Waals surface area contributed by atoms with Crippen molar-refractivity contribution in [1.29, 1.82) is 0 Å². The van der Waals surface area contributed by atoms with Crippen molar-refractivity contribution >= 4 is 5.78 Å². The Balaban J connectivity index is 1.89. The second-order valence-electron chi connectivity index (χ2n) is 4.12. The topological polar surface area (TPSA) is 39.0 Å². The number of unbranched alkanes of at least 4 members (excludes halogenated alkanes) is 1. The molecule has 2 atom stereocenters. The summed E-state index contributed by atoms with van der Waals surface area (Å²) in [7, 11) is 0. The first-order valence-electron chi connectivity index (χ1n) is 5.68. The lowest BCUT2D eigenvalue weighted by molar-refractivity contribution is 0.0987. The van der Waals surface area contributed by atoms with Crippen LogP contribution in [0.4, 0.5) is 0 Å². The number of rotatable bonds is 5. The number of hydrogen-bond acceptors (Lipinski definition) is 2. The highest BCUT2D eigenvalue weighted by Crippen LogP contribution is 2.21. The summed E-state index contributed by atoms with van der Waals surface area (Å²) in [6.07, 6.45) is 3.53. The molecule has 0 bridgehead atoms. The molecule has 1 aromatic rings. The zero-order valence-corrected chi connectivity index (χ0v) is 9.07. The summed E-state index contributed by atoms with van der Waals surface area (Å²) in [5, 5.41) is 3.25. The van der Waals surface area contributed by atoms with Crippen LogP contribution < -0.4 is 5.32 Å². The van der Waals surface area contributed by atoms with E-state index in [1.807, 2.05) is 30.3 Å². The van der Waals surface area contributed by atoms with Crippen molar-refractivity contribution < 1.29 is 4.79 Å². The van der Waals surface area contributed by atoms with Gasteiger partial charge in [0.25, 0.3) is 0 Å². The Morgan fingerprint density at radius 1 is 1.33 bits per heavy atom. The molecule has 1 aromatic carbocycles. The van der Waals surface area contributed by atoms with Crippen molar-refractivity contribution in [3.8, 4) is 0 Å². The first kappa shape index (κ1) is 10.4. The van der Waals surface area contributed by atoms with Gasteiger partial charge in [-0.1, -0.05) is 50.1 Å². The Morgan fingerprint density at radius 2 is 2.07 bits per heavy atom. The fraction of sp³-hybridized carbons (Fsp3) is 0.462. The summed E-state index contributed by atoms with van der Waals surface area (Å²) in [4.78, 5) is 11.9. The third kappa shape index (κ3) is 2.45. The molecule has 1 aliphatic heterocycles. The van der Waals surface area contributed by atoms with Crippen LogP contribution in [0.15, 0.2) is 30.3 Å². The third-order valence-electron chi connectivity index (χ3n) is 2.90. The van der Waals surface area contributed by atoms with E-state index in [2.05, 4.69) is 12.2 Å². The maximum atomic E-state index is 11.9. The smallest absolute Gasteiger partial charge is 0.181 e. The van der Waals surface area contributed by atoms with Gasteiger partial charge in [-0.2, -0.15) is 0 Å². The van der Waals surface area contributed by atoms with Gasteiger partial charge in [-0.3, -0.25) is 4.79 Å². The summed E-state index contributed by atoms with van der Waals surface area (Å²) in [6, 6.07) is 10.0. The number of Topliss-reactive ketones (excluding diaryl/α,β-unsaturated/α-hetero) is 1. The van der Waals surface area contributed by atoms with Crippen LogP contribution in [0, 0.1) is 0 Å². The minimum Gasteiger partial charge on any atom is -0.301 e. The van der Waals surface area contributed by atoms with Crippen LogP contribution in [0.25, 0.3) is 0 Å². The largest absolute Gasteiger partial charge is 0.301 e. The van der Waals surface area contributed by atoms with E-state index >= 15 is 0 Å². The molecule has 2 heteroatoms. The van der Waals surface area contributed by atoms with Crippen molar-refractivity contribution in [2.75, 3.05) is 0 Å². The van der Waals surface area contributed by atoms with Gasteiger partial charge in [-0.15, -0.1) is 0 Å². The molecule has 0 spiro atoms. The van der Waals surface area contributed by atoms with Gasteiger partial charge >= 0.3 is 0 Å². The van der Waals surface area contributed by atoms with E-state index < -0.39 is 0 Å². The molecule has 15 heavy (non-hydrogen) atoms. The van der Waals surface area contributed by atoms with Crippen molar-refractivity contribution in [3.05, 3.63) is 35.9 Å². The van der Waals surface area contributed by atoms with Crippen molar-refractivity contribution in [1.82, 2.24) is 5.32 Å². The second kappa shape index (κ2) is 4.58. The van der Waals surface area contributed by atoms with E-state index in [0.29, 0.717) is 6.04 Å². The third-order valence-corrected chi connectivity index (χ3v) is 2.90. The summed E-state index contributed by atoms with van der Waals surface area (Å²) in [5.74, 6) is 0.247. The van der Waals surface area contributed by atoms with E-state index in [-0.39, 0.29) is 11.8 Å². The molecule has 0 radical (unpaired) electrons. The average Bonchev–Trinajstić information content (AvgIpc) is 3.06. The predicted molar refractivity (Wildman–Crippen MR) is 61.0 cm³/mol. The summed E-state index contributed by atoms with van der Waals surface area (Å²) in [6.45, 7) is 2.18. The minimum atomic E-state index is 0.0824. The fourth-order valence-electron chi connectivity index (χ4n) is 1.89. The Morgan fingerprint density at radius 3 is 2.73 bits per heavy atom. The Hall–Kier alpha value is -1.15. The van der Waals surface area contributed by atoms with Crippen LogP contribution in [0.3, 0.4) is 0 Å². The predicted octanol–water partition coefficient (Wildman–Crippen LogP) is 2.40. The summed E-state index contributed by atoms with van der Waals surface area (Å²) >= 11 is 0. The molecule has 0 amide bonds. The standard InChI is InChI=1S/C13H17NO/c1-2-3-9-11-12(14-11)13(15)10-7-5-4-6-8-10/h4-8,11-12,14H,2-3,9H2,1H3/t11-,12+/m0/s1. The number of carbonyl (C=O) groups is 1. The SMILES string of the molecule is CCCC[C@@H]1N[C@H]1C(=O)c1ccccc1. The van der Waals surface area contributed by atoms with Gasteiger partial charge in [0.05, 0.1) is 6.04 Å². The van der Waals surface area contributed by atoms with Crippen LogP contribution in [-0.2, 0) is 0 Å². The fourth-order valence-corrected chi connectivity index (χ4v) is 1.89. The van der Waals surface area contributed by atoms with Crippen LogP contribution in [0.5, 0.6) is 0 Å². The van der Waals surface area contributed by atoms with Gasteiger partial charge < -0.3 is 5.32 Å². The molecule has 1 fully saturated rings. The molecular weight excluding hydrogens is 186 g/mol. The summed E-state index contributed by atoms with van der Waals surface area (Å²) in [5.41, 5.74) is 0.828. The van der Waals surface area contributed by atoms with Gasteiger partial charge in [-0.05, 0) is 6.42 Å². The lowest BCUT2D eigenvalue weighted by Crippen LogP contribution is -2.11. The highest BCUT2D eigenvalue weighted by atomic mass is 16.1. The molecule has 1 aliphatic rings. The van der Waals surface area contributed by atoms with Gasteiger partial charge in [0.1, 0.15) is 0 Å². The molecule has 1 heterocycles. The molecule has 0 aliphatic carbocycles.